The lowest BCUT2D eigenvalue weighted by Gasteiger charge is -2.07. The summed E-state index contributed by atoms with van der Waals surface area (Å²) in [5.41, 5.74) is 4.39. The van der Waals surface area contributed by atoms with Crippen molar-refractivity contribution in [3.8, 4) is 0 Å². The third-order valence-electron chi connectivity index (χ3n) is 4.35. The lowest BCUT2D eigenvalue weighted by atomic mass is 10.1. The molecule has 27 heavy (non-hydrogen) atoms. The highest BCUT2D eigenvalue weighted by atomic mass is 32.2. The third kappa shape index (κ3) is 5.08. The van der Waals surface area contributed by atoms with E-state index < -0.39 is 0 Å². The Morgan fingerprint density at radius 1 is 0.815 bits per heavy atom. The van der Waals surface area contributed by atoms with Gasteiger partial charge in [-0.1, -0.05) is 24.3 Å². The number of hydrogen-bond acceptors (Lipinski definition) is 3. The zero-order valence-corrected chi connectivity index (χ0v) is 16.2. The Kier molecular flexibility index (Phi) is 6.09. The van der Waals surface area contributed by atoms with Crippen molar-refractivity contribution in [2.24, 2.45) is 0 Å². The molecule has 0 fully saturated rings. The van der Waals surface area contributed by atoms with Crippen LogP contribution in [0.4, 0.5) is 5.69 Å². The molecule has 0 unspecified atom stereocenters. The van der Waals surface area contributed by atoms with Crippen LogP contribution in [0.25, 0.3) is 0 Å². The number of benzene rings is 3. The second-order valence-corrected chi connectivity index (χ2v) is 7.40. The van der Waals surface area contributed by atoms with E-state index >= 15 is 0 Å². The van der Waals surface area contributed by atoms with Gasteiger partial charge in [0.05, 0.1) is 5.75 Å². The monoisotopic (exact) mass is 375 g/mol. The molecule has 0 aliphatic carbocycles. The summed E-state index contributed by atoms with van der Waals surface area (Å²) >= 11 is 1.54. The molecule has 0 saturated heterocycles. The van der Waals surface area contributed by atoms with Gasteiger partial charge in [-0.2, -0.15) is 0 Å². The molecule has 0 aromatic heterocycles. The van der Waals surface area contributed by atoms with Gasteiger partial charge in [-0.05, 0) is 73.5 Å². The normalized spacial score (nSPS) is 10.4. The Bertz CT molecular complexity index is 950. The Balaban J connectivity index is 1.58. The van der Waals surface area contributed by atoms with Gasteiger partial charge in [-0.25, -0.2) is 0 Å². The molecule has 1 amide bonds. The molecule has 3 aromatic rings. The number of ketones is 1. The predicted molar refractivity (Wildman–Crippen MR) is 112 cm³/mol. The molecule has 3 nitrogen and oxygen atoms in total. The number of Topliss-reactive ketones (excluding diaryl/α,β-unsaturated/α-hetero) is 1. The van der Waals surface area contributed by atoms with E-state index in [4.69, 9.17) is 0 Å². The highest BCUT2D eigenvalue weighted by Gasteiger charge is 2.09. The van der Waals surface area contributed by atoms with E-state index in [1.54, 1.807) is 36.4 Å². The van der Waals surface area contributed by atoms with Crippen LogP contribution >= 0.6 is 11.8 Å². The predicted octanol–water partition coefficient (Wildman–Crippen LogP) is 5.53. The average molecular weight is 375 g/mol. The van der Waals surface area contributed by atoms with Gasteiger partial charge in [0.2, 0.25) is 0 Å². The topological polar surface area (TPSA) is 46.2 Å². The minimum absolute atomic E-state index is 0.0687. The maximum absolute atomic E-state index is 12.4. The van der Waals surface area contributed by atoms with Crippen LogP contribution in [0, 0.1) is 13.8 Å². The first-order valence-corrected chi connectivity index (χ1v) is 9.71. The van der Waals surface area contributed by atoms with E-state index in [1.165, 1.54) is 22.9 Å². The SMILES string of the molecule is Cc1ccc(SCC(=O)c2ccc(NC(=O)c3ccccc3)cc2)cc1C. The molecule has 0 radical (unpaired) electrons. The number of amides is 1. The molecular formula is C23H21NO2S. The van der Waals surface area contributed by atoms with Crippen LogP contribution in [-0.4, -0.2) is 17.4 Å². The van der Waals surface area contributed by atoms with Gasteiger partial charge in [0.25, 0.3) is 5.91 Å². The first kappa shape index (κ1) is 18.9. The minimum atomic E-state index is -0.167. The molecule has 0 heterocycles. The Morgan fingerprint density at radius 2 is 1.52 bits per heavy atom. The molecule has 0 bridgehead atoms. The van der Waals surface area contributed by atoms with Crippen LogP contribution < -0.4 is 5.32 Å². The molecule has 4 heteroatoms. The van der Waals surface area contributed by atoms with Crippen molar-refractivity contribution in [1.29, 1.82) is 0 Å². The van der Waals surface area contributed by atoms with Gasteiger partial charge < -0.3 is 5.32 Å². The summed E-state index contributed by atoms with van der Waals surface area (Å²) in [6.45, 7) is 4.15. The van der Waals surface area contributed by atoms with Crippen molar-refractivity contribution >= 4 is 29.1 Å². The summed E-state index contributed by atoms with van der Waals surface area (Å²) < 4.78 is 0. The van der Waals surface area contributed by atoms with E-state index in [1.807, 2.05) is 24.3 Å². The maximum atomic E-state index is 12.4. The van der Waals surface area contributed by atoms with Crippen molar-refractivity contribution in [2.75, 3.05) is 11.1 Å². The number of thioether (sulfide) groups is 1. The van der Waals surface area contributed by atoms with E-state index in [9.17, 15) is 9.59 Å². The molecule has 3 rings (SSSR count). The highest BCUT2D eigenvalue weighted by Crippen LogP contribution is 2.22. The number of nitrogens with one attached hydrogen (secondary N) is 1. The molecule has 0 spiro atoms. The molecule has 0 saturated carbocycles. The smallest absolute Gasteiger partial charge is 0.255 e. The Labute approximate surface area is 163 Å². The zero-order valence-electron chi connectivity index (χ0n) is 15.4. The van der Waals surface area contributed by atoms with Gasteiger partial charge in [-0.15, -0.1) is 11.8 Å². The molecule has 0 aliphatic rings. The summed E-state index contributed by atoms with van der Waals surface area (Å²) in [5, 5.41) is 2.84. The van der Waals surface area contributed by atoms with Gasteiger partial charge in [-0.3, -0.25) is 9.59 Å². The molecular weight excluding hydrogens is 354 g/mol. The second kappa shape index (κ2) is 8.69. The second-order valence-electron chi connectivity index (χ2n) is 6.36. The fourth-order valence-corrected chi connectivity index (χ4v) is 3.46. The van der Waals surface area contributed by atoms with Crippen LogP contribution in [0.15, 0.2) is 77.7 Å². The summed E-state index contributed by atoms with van der Waals surface area (Å²) in [4.78, 5) is 25.7. The maximum Gasteiger partial charge on any atom is 0.255 e. The van der Waals surface area contributed by atoms with E-state index in [2.05, 4.69) is 31.3 Å². The van der Waals surface area contributed by atoms with Gasteiger partial charge in [0.1, 0.15) is 0 Å². The lowest BCUT2D eigenvalue weighted by Crippen LogP contribution is -2.11. The van der Waals surface area contributed by atoms with Crippen LogP contribution in [0.1, 0.15) is 31.8 Å². The first-order valence-electron chi connectivity index (χ1n) is 8.72. The van der Waals surface area contributed by atoms with Crippen molar-refractivity contribution in [1.82, 2.24) is 0 Å². The van der Waals surface area contributed by atoms with Gasteiger partial charge in [0.15, 0.2) is 5.78 Å². The number of anilines is 1. The standard InChI is InChI=1S/C23H21NO2S/c1-16-8-13-21(14-17(16)2)27-15-22(25)18-9-11-20(12-10-18)24-23(26)19-6-4-3-5-7-19/h3-14H,15H2,1-2H3,(H,24,26). The summed E-state index contributed by atoms with van der Waals surface area (Å²) in [7, 11) is 0. The third-order valence-corrected chi connectivity index (χ3v) is 5.34. The molecule has 0 aliphatic heterocycles. The van der Waals surface area contributed by atoms with Crippen LogP contribution in [0.5, 0.6) is 0 Å². The summed E-state index contributed by atoms with van der Waals surface area (Å²) in [6.07, 6.45) is 0. The Hall–Kier alpha value is -2.85. The van der Waals surface area contributed by atoms with Crippen LogP contribution in [-0.2, 0) is 0 Å². The van der Waals surface area contributed by atoms with E-state index in [0.29, 0.717) is 22.6 Å². The first-order chi connectivity index (χ1) is 13.0. The van der Waals surface area contributed by atoms with Crippen molar-refractivity contribution in [3.63, 3.8) is 0 Å². The number of aryl methyl sites for hydroxylation is 2. The van der Waals surface area contributed by atoms with Crippen LogP contribution in [0.2, 0.25) is 0 Å². The fourth-order valence-electron chi connectivity index (χ4n) is 2.57. The van der Waals surface area contributed by atoms with Crippen molar-refractivity contribution in [2.45, 2.75) is 18.7 Å². The van der Waals surface area contributed by atoms with E-state index in [0.717, 1.165) is 4.90 Å². The van der Waals surface area contributed by atoms with Crippen LogP contribution in [0.3, 0.4) is 0 Å². The Morgan fingerprint density at radius 3 is 2.19 bits per heavy atom. The molecule has 3 aromatic carbocycles. The van der Waals surface area contributed by atoms with Gasteiger partial charge >= 0.3 is 0 Å². The fraction of sp³-hybridized carbons (Fsp3) is 0.130. The van der Waals surface area contributed by atoms with Crippen molar-refractivity contribution in [3.05, 3.63) is 95.1 Å². The minimum Gasteiger partial charge on any atom is -0.322 e. The quantitative estimate of drug-likeness (QED) is 0.455. The number of rotatable bonds is 6. The van der Waals surface area contributed by atoms with E-state index in [-0.39, 0.29) is 11.7 Å². The molecule has 136 valence electrons. The number of carbonyl (C=O) groups excluding carboxylic acids is 2. The average Bonchev–Trinajstić information content (AvgIpc) is 2.70. The molecule has 1 N–H and O–H groups in total. The summed E-state index contributed by atoms with van der Waals surface area (Å²) in [6, 6.07) is 22.3. The van der Waals surface area contributed by atoms with Gasteiger partial charge in [0, 0.05) is 21.7 Å². The number of hydrogen-bond donors (Lipinski definition) is 1. The highest BCUT2D eigenvalue weighted by molar-refractivity contribution is 8.00. The van der Waals surface area contributed by atoms with Crippen molar-refractivity contribution < 1.29 is 9.59 Å². The lowest BCUT2D eigenvalue weighted by molar-refractivity contribution is 0.101. The number of carbonyl (C=O) groups is 2. The largest absolute Gasteiger partial charge is 0.322 e. The zero-order chi connectivity index (χ0) is 19.2. The molecule has 0 atom stereocenters. The summed E-state index contributed by atoms with van der Waals surface area (Å²) in [5.74, 6) is 0.289.